The van der Waals surface area contributed by atoms with E-state index in [1.54, 1.807) is 0 Å². The topological polar surface area (TPSA) is 74.7 Å². The fourth-order valence-electron chi connectivity index (χ4n) is 2.25. The van der Waals surface area contributed by atoms with Crippen LogP contribution in [0, 0.1) is 0 Å². The van der Waals surface area contributed by atoms with E-state index in [0.717, 1.165) is 10.5 Å². The molecule has 1 saturated heterocycles. The summed E-state index contributed by atoms with van der Waals surface area (Å²) < 4.78 is 0. The molecule has 0 bridgehead atoms. The zero-order valence-corrected chi connectivity index (χ0v) is 10.4. The van der Waals surface area contributed by atoms with Crippen molar-refractivity contribution in [2.75, 3.05) is 0 Å². The number of aryl methyl sites for hydroxylation is 1. The molecule has 0 aromatic heterocycles. The number of nitrogens with zero attached hydrogens (tertiary/aromatic N) is 1. The zero-order chi connectivity index (χ0) is 13.8. The van der Waals surface area contributed by atoms with E-state index < -0.39 is 12.0 Å². The van der Waals surface area contributed by atoms with Crippen molar-refractivity contribution in [1.29, 1.82) is 0 Å². The standard InChI is InChI=1S/C14H15NO4/c16-12-8-9-13(17)15(12)11(14(18)19)7-6-10-4-2-1-3-5-10/h1-5,11H,6-9H2,(H,18,19). The lowest BCUT2D eigenvalue weighted by Crippen LogP contribution is -2.44. The number of benzene rings is 1. The predicted molar refractivity (Wildman–Crippen MR) is 67.3 cm³/mol. The Bertz CT molecular complexity index is 481. The number of carboxylic acids is 1. The lowest BCUT2D eigenvalue weighted by atomic mass is 10.0. The van der Waals surface area contributed by atoms with Gasteiger partial charge < -0.3 is 5.11 Å². The highest BCUT2D eigenvalue weighted by molar-refractivity contribution is 6.04. The SMILES string of the molecule is O=C(O)C(CCc1ccccc1)N1C(=O)CCC1=O. The number of hydrogen-bond acceptors (Lipinski definition) is 3. The van der Waals surface area contributed by atoms with Crippen molar-refractivity contribution in [1.82, 2.24) is 4.90 Å². The van der Waals surface area contributed by atoms with E-state index in [0.29, 0.717) is 6.42 Å². The van der Waals surface area contributed by atoms with Crippen molar-refractivity contribution in [3.05, 3.63) is 35.9 Å². The molecule has 1 aromatic rings. The van der Waals surface area contributed by atoms with E-state index in [4.69, 9.17) is 0 Å². The van der Waals surface area contributed by atoms with Gasteiger partial charge in [-0.2, -0.15) is 0 Å². The smallest absolute Gasteiger partial charge is 0.326 e. The Hall–Kier alpha value is -2.17. The van der Waals surface area contributed by atoms with Gasteiger partial charge in [0.2, 0.25) is 11.8 Å². The second kappa shape index (κ2) is 5.65. The van der Waals surface area contributed by atoms with E-state index in [1.165, 1.54) is 0 Å². The van der Waals surface area contributed by atoms with Gasteiger partial charge in [0.05, 0.1) is 0 Å². The Morgan fingerprint density at radius 2 is 1.74 bits per heavy atom. The van der Waals surface area contributed by atoms with Crippen LogP contribution in [-0.4, -0.2) is 33.8 Å². The third-order valence-electron chi connectivity index (χ3n) is 3.24. The van der Waals surface area contributed by atoms with Gasteiger partial charge in [0.25, 0.3) is 0 Å². The highest BCUT2D eigenvalue weighted by Gasteiger charge is 2.38. The van der Waals surface area contributed by atoms with Crippen LogP contribution in [0.15, 0.2) is 30.3 Å². The summed E-state index contributed by atoms with van der Waals surface area (Å²) in [4.78, 5) is 35.3. The quantitative estimate of drug-likeness (QED) is 0.809. The van der Waals surface area contributed by atoms with Crippen LogP contribution in [0.5, 0.6) is 0 Å². The average Bonchev–Trinajstić information content (AvgIpc) is 2.72. The van der Waals surface area contributed by atoms with Crippen LogP contribution >= 0.6 is 0 Å². The van der Waals surface area contributed by atoms with Crippen LogP contribution < -0.4 is 0 Å². The molecule has 0 radical (unpaired) electrons. The average molecular weight is 261 g/mol. The van der Waals surface area contributed by atoms with Crippen LogP contribution in [0.4, 0.5) is 0 Å². The van der Waals surface area contributed by atoms with Crippen LogP contribution in [-0.2, 0) is 20.8 Å². The normalized spacial score (nSPS) is 16.7. The first kappa shape index (κ1) is 13.3. The molecule has 100 valence electrons. The van der Waals surface area contributed by atoms with Crippen molar-refractivity contribution in [2.45, 2.75) is 31.7 Å². The molecule has 1 atom stereocenters. The van der Waals surface area contributed by atoms with Gasteiger partial charge in [-0.05, 0) is 18.4 Å². The molecule has 1 fully saturated rings. The molecule has 19 heavy (non-hydrogen) atoms. The second-order valence-electron chi connectivity index (χ2n) is 4.54. The largest absolute Gasteiger partial charge is 0.480 e. The van der Waals surface area contributed by atoms with E-state index >= 15 is 0 Å². The van der Waals surface area contributed by atoms with Crippen molar-refractivity contribution < 1.29 is 19.5 Å². The molecule has 5 heteroatoms. The number of aliphatic carboxylic acids is 1. The summed E-state index contributed by atoms with van der Waals surface area (Å²) in [5.41, 5.74) is 0.993. The maximum atomic E-state index is 11.6. The van der Waals surface area contributed by atoms with Gasteiger partial charge in [-0.3, -0.25) is 14.5 Å². The first-order chi connectivity index (χ1) is 9.09. The molecular formula is C14H15NO4. The Balaban J connectivity index is 2.07. The highest BCUT2D eigenvalue weighted by atomic mass is 16.4. The Morgan fingerprint density at radius 3 is 2.26 bits per heavy atom. The molecule has 0 spiro atoms. The van der Waals surface area contributed by atoms with E-state index in [1.807, 2.05) is 30.3 Å². The van der Waals surface area contributed by atoms with Gasteiger partial charge in [0.1, 0.15) is 6.04 Å². The summed E-state index contributed by atoms with van der Waals surface area (Å²) in [6.45, 7) is 0. The van der Waals surface area contributed by atoms with E-state index in [9.17, 15) is 19.5 Å². The third kappa shape index (κ3) is 2.99. The van der Waals surface area contributed by atoms with Crippen molar-refractivity contribution in [2.24, 2.45) is 0 Å². The molecular weight excluding hydrogens is 246 g/mol. The summed E-state index contributed by atoms with van der Waals surface area (Å²) in [7, 11) is 0. The lowest BCUT2D eigenvalue weighted by molar-refractivity contribution is -0.154. The molecule has 1 aromatic carbocycles. The van der Waals surface area contributed by atoms with Crippen molar-refractivity contribution in [3.8, 4) is 0 Å². The number of carboxylic acid groups (broad SMARTS) is 1. The number of likely N-dealkylation sites (tertiary alicyclic amines) is 1. The van der Waals surface area contributed by atoms with Gasteiger partial charge in [-0.1, -0.05) is 30.3 Å². The highest BCUT2D eigenvalue weighted by Crippen LogP contribution is 2.19. The third-order valence-corrected chi connectivity index (χ3v) is 3.24. The van der Waals surface area contributed by atoms with Crippen molar-refractivity contribution >= 4 is 17.8 Å². The minimum atomic E-state index is -1.13. The van der Waals surface area contributed by atoms with Crippen LogP contribution in [0.3, 0.4) is 0 Å². The predicted octanol–water partition coefficient (Wildman–Crippen LogP) is 1.22. The molecule has 2 amide bonds. The first-order valence-corrected chi connectivity index (χ1v) is 6.21. The minimum absolute atomic E-state index is 0.119. The molecule has 2 rings (SSSR count). The minimum Gasteiger partial charge on any atom is -0.480 e. The number of carbonyl (C=O) groups is 3. The number of carbonyl (C=O) groups excluding carboxylic acids is 2. The fourth-order valence-corrected chi connectivity index (χ4v) is 2.25. The van der Waals surface area contributed by atoms with Crippen LogP contribution in [0.1, 0.15) is 24.8 Å². The zero-order valence-electron chi connectivity index (χ0n) is 10.4. The summed E-state index contributed by atoms with van der Waals surface area (Å²) >= 11 is 0. The number of rotatable bonds is 5. The van der Waals surface area contributed by atoms with Gasteiger partial charge >= 0.3 is 5.97 Å². The van der Waals surface area contributed by atoms with Crippen LogP contribution in [0.2, 0.25) is 0 Å². The maximum absolute atomic E-state index is 11.6. The monoisotopic (exact) mass is 261 g/mol. The van der Waals surface area contributed by atoms with E-state index in [2.05, 4.69) is 0 Å². The summed E-state index contributed by atoms with van der Waals surface area (Å²) in [5.74, 6) is -1.89. The summed E-state index contributed by atoms with van der Waals surface area (Å²) in [6.07, 6.45) is 1.01. The van der Waals surface area contributed by atoms with E-state index in [-0.39, 0.29) is 31.1 Å². The Labute approximate surface area is 110 Å². The Morgan fingerprint density at radius 1 is 1.16 bits per heavy atom. The summed E-state index contributed by atoms with van der Waals surface area (Å²) in [5, 5.41) is 9.20. The van der Waals surface area contributed by atoms with Crippen LogP contribution in [0.25, 0.3) is 0 Å². The van der Waals surface area contributed by atoms with Gasteiger partial charge in [-0.25, -0.2) is 4.79 Å². The number of amides is 2. The number of imide groups is 1. The Kier molecular flexibility index (Phi) is 3.94. The van der Waals surface area contributed by atoms with Crippen molar-refractivity contribution in [3.63, 3.8) is 0 Å². The van der Waals surface area contributed by atoms with Gasteiger partial charge in [0, 0.05) is 12.8 Å². The molecule has 0 saturated carbocycles. The van der Waals surface area contributed by atoms with Gasteiger partial charge in [0.15, 0.2) is 0 Å². The molecule has 0 aliphatic carbocycles. The molecule has 1 heterocycles. The lowest BCUT2D eigenvalue weighted by Gasteiger charge is -2.22. The second-order valence-corrected chi connectivity index (χ2v) is 4.54. The molecule has 5 nitrogen and oxygen atoms in total. The molecule has 1 unspecified atom stereocenters. The fraction of sp³-hybridized carbons (Fsp3) is 0.357. The molecule has 1 aliphatic heterocycles. The number of hydrogen-bond donors (Lipinski definition) is 1. The first-order valence-electron chi connectivity index (χ1n) is 6.21. The molecule has 1 N–H and O–H groups in total. The maximum Gasteiger partial charge on any atom is 0.326 e. The summed E-state index contributed by atoms with van der Waals surface area (Å²) in [6, 6.07) is 8.36. The molecule has 1 aliphatic rings. The van der Waals surface area contributed by atoms with Gasteiger partial charge in [-0.15, -0.1) is 0 Å².